The van der Waals surface area contributed by atoms with Crippen LogP contribution in [-0.4, -0.2) is 16.6 Å². The van der Waals surface area contributed by atoms with Gasteiger partial charge in [-0.25, -0.2) is 0 Å². The Kier molecular flexibility index (Phi) is 4.55. The number of thiophene rings is 1. The molecule has 3 rings (SSSR count). The normalized spacial score (nSPS) is 11.5. The van der Waals surface area contributed by atoms with Gasteiger partial charge >= 0.3 is 6.36 Å². The standard InChI is InChI=1S/C13H7BrF3N3OS2/c14-9-5-6-22-10(9)11-19-20-12(23-11)18-7-1-3-8(4-2-7)21-13(15,16)17/h1-6H,(H,18,20). The van der Waals surface area contributed by atoms with Crippen LogP contribution >= 0.6 is 38.6 Å². The number of alkyl halides is 3. The maximum absolute atomic E-state index is 12.1. The van der Waals surface area contributed by atoms with Gasteiger partial charge in [-0.2, -0.15) is 0 Å². The van der Waals surface area contributed by atoms with E-state index >= 15 is 0 Å². The van der Waals surface area contributed by atoms with Crippen LogP contribution in [0.1, 0.15) is 0 Å². The summed E-state index contributed by atoms with van der Waals surface area (Å²) in [6.07, 6.45) is -4.70. The molecule has 0 amide bonds. The van der Waals surface area contributed by atoms with Crippen LogP contribution in [0.3, 0.4) is 0 Å². The summed E-state index contributed by atoms with van der Waals surface area (Å²) in [6, 6.07) is 7.33. The van der Waals surface area contributed by atoms with Crippen LogP contribution in [0.25, 0.3) is 9.88 Å². The second kappa shape index (κ2) is 6.46. The van der Waals surface area contributed by atoms with E-state index in [4.69, 9.17) is 0 Å². The number of ether oxygens (including phenoxy) is 1. The first kappa shape index (κ1) is 16.2. The van der Waals surface area contributed by atoms with E-state index < -0.39 is 6.36 Å². The number of hydrogen-bond acceptors (Lipinski definition) is 6. The molecular formula is C13H7BrF3N3OS2. The molecule has 0 saturated carbocycles. The van der Waals surface area contributed by atoms with Crippen LogP contribution in [-0.2, 0) is 0 Å². The number of nitrogens with zero attached hydrogens (tertiary/aromatic N) is 2. The molecule has 1 N–H and O–H groups in total. The Bertz CT molecular complexity index is 801. The summed E-state index contributed by atoms with van der Waals surface area (Å²) in [5, 5.41) is 14.4. The van der Waals surface area contributed by atoms with Crippen molar-refractivity contribution in [2.75, 3.05) is 5.32 Å². The van der Waals surface area contributed by atoms with Gasteiger partial charge in [-0.05, 0) is 51.6 Å². The van der Waals surface area contributed by atoms with Gasteiger partial charge in [0, 0.05) is 10.2 Å². The van der Waals surface area contributed by atoms with Gasteiger partial charge in [0.2, 0.25) is 5.13 Å². The number of rotatable bonds is 4. The number of anilines is 2. The van der Waals surface area contributed by atoms with E-state index in [1.807, 2.05) is 11.4 Å². The lowest BCUT2D eigenvalue weighted by Gasteiger charge is -2.09. The molecule has 0 saturated heterocycles. The predicted octanol–water partition coefficient (Wildman–Crippen LogP) is 5.67. The lowest BCUT2D eigenvalue weighted by atomic mass is 10.3. The molecule has 0 fully saturated rings. The second-order valence-electron chi connectivity index (χ2n) is 4.21. The maximum atomic E-state index is 12.1. The smallest absolute Gasteiger partial charge is 0.406 e. The van der Waals surface area contributed by atoms with Gasteiger partial charge < -0.3 is 10.1 Å². The summed E-state index contributed by atoms with van der Waals surface area (Å²) >= 11 is 6.32. The number of benzene rings is 1. The number of aromatic nitrogens is 2. The third kappa shape index (κ3) is 4.21. The Hall–Kier alpha value is -1.65. The Labute approximate surface area is 145 Å². The molecule has 1 aromatic carbocycles. The van der Waals surface area contributed by atoms with Gasteiger partial charge in [0.15, 0.2) is 5.01 Å². The molecule has 0 aliphatic heterocycles. The van der Waals surface area contributed by atoms with E-state index in [0.717, 1.165) is 14.4 Å². The van der Waals surface area contributed by atoms with Gasteiger partial charge in [-0.3, -0.25) is 0 Å². The molecule has 0 atom stereocenters. The molecule has 0 aliphatic carbocycles. The molecule has 10 heteroatoms. The van der Waals surface area contributed by atoms with Crippen LogP contribution in [0.5, 0.6) is 5.75 Å². The lowest BCUT2D eigenvalue weighted by molar-refractivity contribution is -0.274. The monoisotopic (exact) mass is 421 g/mol. The average molecular weight is 422 g/mol. The predicted molar refractivity (Wildman–Crippen MR) is 87.3 cm³/mol. The Morgan fingerprint density at radius 1 is 1.09 bits per heavy atom. The van der Waals surface area contributed by atoms with Crippen LogP contribution in [0.4, 0.5) is 24.0 Å². The van der Waals surface area contributed by atoms with E-state index in [0.29, 0.717) is 10.8 Å². The zero-order chi connectivity index (χ0) is 16.4. The molecule has 4 nitrogen and oxygen atoms in total. The SMILES string of the molecule is FC(F)(F)Oc1ccc(Nc2nnc(-c3sccc3Br)s2)cc1. The van der Waals surface area contributed by atoms with Crippen LogP contribution < -0.4 is 10.1 Å². The third-order valence-corrected chi connectivity index (χ3v) is 5.41. The highest BCUT2D eigenvalue weighted by molar-refractivity contribution is 9.10. The fourth-order valence-electron chi connectivity index (χ4n) is 1.68. The first-order valence-electron chi connectivity index (χ1n) is 6.10. The van der Waals surface area contributed by atoms with Gasteiger partial charge in [0.1, 0.15) is 5.75 Å². The fourth-order valence-corrected chi connectivity index (χ4v) is 4.23. The molecular weight excluding hydrogens is 415 g/mol. The van der Waals surface area contributed by atoms with Crippen LogP contribution in [0.2, 0.25) is 0 Å². The Morgan fingerprint density at radius 3 is 2.43 bits per heavy atom. The Balaban J connectivity index is 1.70. The minimum Gasteiger partial charge on any atom is -0.406 e. The molecule has 2 aromatic heterocycles. The third-order valence-electron chi connectivity index (χ3n) is 2.58. The second-order valence-corrected chi connectivity index (χ2v) is 6.96. The molecule has 2 heterocycles. The molecule has 3 aromatic rings. The van der Waals surface area contributed by atoms with Crippen LogP contribution in [0.15, 0.2) is 40.2 Å². The van der Waals surface area contributed by atoms with Crippen molar-refractivity contribution in [3.05, 3.63) is 40.2 Å². The minimum absolute atomic E-state index is 0.275. The van der Waals surface area contributed by atoms with Crippen molar-refractivity contribution in [2.24, 2.45) is 0 Å². The molecule has 0 spiro atoms. The van der Waals surface area contributed by atoms with E-state index in [1.165, 1.54) is 46.9 Å². The van der Waals surface area contributed by atoms with Crippen molar-refractivity contribution in [1.82, 2.24) is 10.2 Å². The number of nitrogens with one attached hydrogen (secondary N) is 1. The first-order valence-corrected chi connectivity index (χ1v) is 8.59. The quantitative estimate of drug-likeness (QED) is 0.589. The highest BCUT2D eigenvalue weighted by Crippen LogP contribution is 2.37. The van der Waals surface area contributed by atoms with Crippen molar-refractivity contribution in [1.29, 1.82) is 0 Å². The zero-order valence-corrected chi connectivity index (χ0v) is 14.3. The summed E-state index contributed by atoms with van der Waals surface area (Å²) in [4.78, 5) is 0.976. The molecule has 120 valence electrons. The van der Waals surface area contributed by atoms with Gasteiger partial charge in [-0.1, -0.05) is 11.3 Å². The first-order chi connectivity index (χ1) is 10.9. The summed E-state index contributed by atoms with van der Waals surface area (Å²) < 4.78 is 41.1. The molecule has 0 radical (unpaired) electrons. The van der Waals surface area contributed by atoms with E-state index in [1.54, 1.807) is 0 Å². The van der Waals surface area contributed by atoms with Crippen molar-refractivity contribution >= 4 is 49.4 Å². The zero-order valence-electron chi connectivity index (χ0n) is 11.1. The van der Waals surface area contributed by atoms with Gasteiger partial charge in [0.05, 0.1) is 4.88 Å². The average Bonchev–Trinajstić information content (AvgIpc) is 3.08. The van der Waals surface area contributed by atoms with Gasteiger partial charge in [0.25, 0.3) is 0 Å². The van der Waals surface area contributed by atoms with E-state index in [-0.39, 0.29) is 5.75 Å². The summed E-state index contributed by atoms with van der Waals surface area (Å²) in [6.45, 7) is 0. The Morgan fingerprint density at radius 2 is 1.83 bits per heavy atom. The summed E-state index contributed by atoms with van der Waals surface area (Å²) in [5.74, 6) is -0.275. The highest BCUT2D eigenvalue weighted by atomic mass is 79.9. The molecule has 0 unspecified atom stereocenters. The van der Waals surface area contributed by atoms with Crippen molar-refractivity contribution in [2.45, 2.75) is 6.36 Å². The minimum atomic E-state index is -4.70. The molecule has 23 heavy (non-hydrogen) atoms. The van der Waals surface area contributed by atoms with Crippen LogP contribution in [0, 0.1) is 0 Å². The topological polar surface area (TPSA) is 47.0 Å². The summed E-state index contributed by atoms with van der Waals surface area (Å²) in [7, 11) is 0. The molecule has 0 bridgehead atoms. The van der Waals surface area contributed by atoms with E-state index in [2.05, 4.69) is 36.2 Å². The van der Waals surface area contributed by atoms with Crippen molar-refractivity contribution < 1.29 is 17.9 Å². The summed E-state index contributed by atoms with van der Waals surface area (Å²) in [5.41, 5.74) is 0.590. The van der Waals surface area contributed by atoms with E-state index in [9.17, 15) is 13.2 Å². The number of hydrogen-bond donors (Lipinski definition) is 1. The van der Waals surface area contributed by atoms with Gasteiger partial charge in [-0.15, -0.1) is 34.7 Å². The largest absolute Gasteiger partial charge is 0.573 e. The molecule has 0 aliphatic rings. The fraction of sp³-hybridized carbons (Fsp3) is 0.0769. The lowest BCUT2D eigenvalue weighted by Crippen LogP contribution is -2.16. The van der Waals surface area contributed by atoms with Crippen molar-refractivity contribution in [3.8, 4) is 15.6 Å². The highest BCUT2D eigenvalue weighted by Gasteiger charge is 2.30. The van der Waals surface area contributed by atoms with Crippen molar-refractivity contribution in [3.63, 3.8) is 0 Å². The maximum Gasteiger partial charge on any atom is 0.573 e. The number of halogens is 4.